The van der Waals surface area contributed by atoms with Crippen LogP contribution in [0.25, 0.3) is 0 Å². The van der Waals surface area contributed by atoms with Crippen LogP contribution >= 0.6 is 11.8 Å². The predicted octanol–water partition coefficient (Wildman–Crippen LogP) is 0.897. The molecule has 0 radical (unpaired) electrons. The quantitative estimate of drug-likeness (QED) is 0.827. The van der Waals surface area contributed by atoms with Gasteiger partial charge in [0.15, 0.2) is 0 Å². The fourth-order valence-corrected chi connectivity index (χ4v) is 2.72. The van der Waals surface area contributed by atoms with E-state index in [-0.39, 0.29) is 0 Å². The van der Waals surface area contributed by atoms with Crippen molar-refractivity contribution in [2.75, 3.05) is 48.2 Å². The summed E-state index contributed by atoms with van der Waals surface area (Å²) < 4.78 is 0. The summed E-state index contributed by atoms with van der Waals surface area (Å²) in [5, 5.41) is 6.31. The van der Waals surface area contributed by atoms with Crippen molar-refractivity contribution in [1.82, 2.24) is 15.0 Å². The molecule has 1 aliphatic heterocycles. The molecule has 0 aromatic carbocycles. The van der Waals surface area contributed by atoms with Crippen molar-refractivity contribution in [3.05, 3.63) is 0 Å². The van der Waals surface area contributed by atoms with E-state index >= 15 is 0 Å². The number of hydrogen-bond acceptors (Lipinski definition) is 7. The molecule has 1 aromatic rings. The molecule has 94 valence electrons. The fraction of sp³-hybridized carbons (Fsp3) is 0.700. The molecule has 6 nitrogen and oxygen atoms in total. The van der Waals surface area contributed by atoms with E-state index in [0.717, 1.165) is 5.75 Å². The van der Waals surface area contributed by atoms with Gasteiger partial charge >= 0.3 is 0 Å². The van der Waals surface area contributed by atoms with Crippen LogP contribution in [0.1, 0.15) is 6.42 Å². The van der Waals surface area contributed by atoms with E-state index < -0.39 is 0 Å². The van der Waals surface area contributed by atoms with Gasteiger partial charge in [0, 0.05) is 32.9 Å². The average molecular weight is 254 g/mol. The highest BCUT2D eigenvalue weighted by Crippen LogP contribution is 2.20. The molecule has 0 aliphatic carbocycles. The smallest absolute Gasteiger partial charge is 0.231 e. The number of nitrogens with one attached hydrogen (secondary N) is 2. The Morgan fingerprint density at radius 3 is 2.59 bits per heavy atom. The lowest BCUT2D eigenvalue weighted by atomic mass is 10.3. The van der Waals surface area contributed by atoms with Crippen LogP contribution in [0.2, 0.25) is 0 Å². The Morgan fingerprint density at radius 2 is 2.00 bits per heavy atom. The first-order chi connectivity index (χ1) is 8.19. The Bertz CT molecular complexity index is 377. The van der Waals surface area contributed by atoms with Crippen LogP contribution in [0.5, 0.6) is 0 Å². The minimum absolute atomic E-state index is 0.474. The summed E-state index contributed by atoms with van der Waals surface area (Å²) >= 11 is 1.96. The Labute approximate surface area is 106 Å². The van der Waals surface area contributed by atoms with Gasteiger partial charge in [0.05, 0.1) is 0 Å². The third-order valence-corrected chi connectivity index (χ3v) is 3.67. The topological polar surface area (TPSA) is 66.0 Å². The first kappa shape index (κ1) is 12.2. The standard InChI is InChI=1S/C10H18N6S/c1-11-8-13-9(12-7-4-5-17-6-7)15-10(14-8)16(2)3/h7H,4-6H2,1-3H3,(H2,11,12,13,14,15). The largest absolute Gasteiger partial charge is 0.357 e. The number of aromatic nitrogens is 3. The molecule has 2 heterocycles. The van der Waals surface area contributed by atoms with Crippen molar-refractivity contribution in [2.45, 2.75) is 12.5 Å². The summed E-state index contributed by atoms with van der Waals surface area (Å²) in [6.07, 6.45) is 1.17. The lowest BCUT2D eigenvalue weighted by molar-refractivity contribution is 0.793. The lowest BCUT2D eigenvalue weighted by Gasteiger charge is -2.15. The SMILES string of the molecule is CNc1nc(NC2CCSC2)nc(N(C)C)n1. The molecular formula is C10H18N6S. The fourth-order valence-electron chi connectivity index (χ4n) is 1.57. The van der Waals surface area contributed by atoms with Gasteiger partial charge in [-0.25, -0.2) is 0 Å². The van der Waals surface area contributed by atoms with E-state index in [1.165, 1.54) is 12.2 Å². The van der Waals surface area contributed by atoms with Crippen molar-refractivity contribution in [2.24, 2.45) is 0 Å². The van der Waals surface area contributed by atoms with Gasteiger partial charge in [-0.2, -0.15) is 26.7 Å². The summed E-state index contributed by atoms with van der Waals surface area (Å²) in [5.41, 5.74) is 0. The number of rotatable bonds is 4. The second kappa shape index (κ2) is 5.39. The molecule has 1 aliphatic rings. The van der Waals surface area contributed by atoms with E-state index in [0.29, 0.717) is 23.9 Å². The van der Waals surface area contributed by atoms with Gasteiger partial charge < -0.3 is 15.5 Å². The summed E-state index contributed by atoms with van der Waals surface area (Å²) in [6, 6.07) is 0.474. The van der Waals surface area contributed by atoms with Crippen LogP contribution in [0.3, 0.4) is 0 Å². The molecule has 1 fully saturated rings. The monoisotopic (exact) mass is 254 g/mol. The number of anilines is 3. The van der Waals surface area contributed by atoms with Gasteiger partial charge in [0.25, 0.3) is 0 Å². The van der Waals surface area contributed by atoms with Crippen LogP contribution in [0.4, 0.5) is 17.8 Å². The predicted molar refractivity (Wildman–Crippen MR) is 73.1 cm³/mol. The van der Waals surface area contributed by atoms with Crippen LogP contribution in [-0.4, -0.2) is 53.6 Å². The van der Waals surface area contributed by atoms with E-state index in [1.54, 1.807) is 0 Å². The van der Waals surface area contributed by atoms with Gasteiger partial charge in [-0.3, -0.25) is 0 Å². The first-order valence-electron chi connectivity index (χ1n) is 5.64. The van der Waals surface area contributed by atoms with Crippen molar-refractivity contribution in [3.63, 3.8) is 0 Å². The molecule has 2 rings (SSSR count). The van der Waals surface area contributed by atoms with Crippen molar-refractivity contribution in [3.8, 4) is 0 Å². The molecule has 0 saturated carbocycles. The normalized spacial score (nSPS) is 19.1. The third kappa shape index (κ3) is 3.12. The number of nitrogens with zero attached hydrogens (tertiary/aromatic N) is 4. The van der Waals surface area contributed by atoms with Crippen LogP contribution in [-0.2, 0) is 0 Å². The number of hydrogen-bond donors (Lipinski definition) is 2. The highest BCUT2D eigenvalue weighted by atomic mass is 32.2. The van der Waals surface area contributed by atoms with E-state index in [2.05, 4.69) is 25.6 Å². The molecule has 1 unspecified atom stereocenters. The minimum Gasteiger partial charge on any atom is -0.357 e. The summed E-state index contributed by atoms with van der Waals surface area (Å²) in [7, 11) is 5.65. The first-order valence-corrected chi connectivity index (χ1v) is 6.80. The molecule has 0 bridgehead atoms. The lowest BCUT2D eigenvalue weighted by Crippen LogP contribution is -2.22. The van der Waals surface area contributed by atoms with Crippen LogP contribution in [0.15, 0.2) is 0 Å². The minimum atomic E-state index is 0.474. The highest BCUT2D eigenvalue weighted by Gasteiger charge is 2.17. The zero-order valence-corrected chi connectivity index (χ0v) is 11.2. The van der Waals surface area contributed by atoms with Crippen LogP contribution in [0, 0.1) is 0 Å². The maximum absolute atomic E-state index is 4.39. The molecule has 2 N–H and O–H groups in total. The van der Waals surface area contributed by atoms with Gasteiger partial charge in [-0.05, 0) is 12.2 Å². The molecular weight excluding hydrogens is 236 g/mol. The molecule has 1 saturated heterocycles. The van der Waals surface area contributed by atoms with Gasteiger partial charge in [-0.15, -0.1) is 0 Å². The molecule has 1 aromatic heterocycles. The zero-order chi connectivity index (χ0) is 12.3. The van der Waals surface area contributed by atoms with Gasteiger partial charge in [0.2, 0.25) is 17.8 Å². The zero-order valence-electron chi connectivity index (χ0n) is 10.4. The van der Waals surface area contributed by atoms with Crippen molar-refractivity contribution in [1.29, 1.82) is 0 Å². The molecule has 1 atom stereocenters. The molecule has 0 spiro atoms. The van der Waals surface area contributed by atoms with E-state index in [4.69, 9.17) is 0 Å². The van der Waals surface area contributed by atoms with E-state index in [1.807, 2.05) is 37.8 Å². The van der Waals surface area contributed by atoms with Gasteiger partial charge in [-0.1, -0.05) is 0 Å². The molecule has 7 heteroatoms. The maximum Gasteiger partial charge on any atom is 0.231 e. The summed E-state index contributed by atoms with van der Waals surface area (Å²) in [6.45, 7) is 0. The highest BCUT2D eigenvalue weighted by molar-refractivity contribution is 7.99. The molecule has 0 amide bonds. The second-order valence-electron chi connectivity index (χ2n) is 4.13. The molecule has 17 heavy (non-hydrogen) atoms. The van der Waals surface area contributed by atoms with Crippen molar-refractivity contribution < 1.29 is 0 Å². The Hall–Kier alpha value is -1.24. The summed E-state index contributed by atoms with van der Waals surface area (Å²) in [4.78, 5) is 14.9. The Morgan fingerprint density at radius 1 is 1.24 bits per heavy atom. The Balaban J connectivity index is 2.16. The Kier molecular flexibility index (Phi) is 3.88. The second-order valence-corrected chi connectivity index (χ2v) is 5.28. The van der Waals surface area contributed by atoms with Crippen LogP contribution < -0.4 is 15.5 Å². The third-order valence-electron chi connectivity index (χ3n) is 2.51. The average Bonchev–Trinajstić information content (AvgIpc) is 2.81. The van der Waals surface area contributed by atoms with Gasteiger partial charge in [0.1, 0.15) is 0 Å². The maximum atomic E-state index is 4.39. The van der Waals surface area contributed by atoms with Crippen molar-refractivity contribution >= 4 is 29.6 Å². The van der Waals surface area contributed by atoms with E-state index in [9.17, 15) is 0 Å². The number of thioether (sulfide) groups is 1. The summed E-state index contributed by atoms with van der Waals surface area (Å²) in [5.74, 6) is 4.25.